The molecule has 4 nitrogen and oxygen atoms in total. The summed E-state index contributed by atoms with van der Waals surface area (Å²) in [6.45, 7) is 3.72. The van der Waals surface area contributed by atoms with E-state index in [0.29, 0.717) is 11.1 Å². The van der Waals surface area contributed by atoms with Crippen LogP contribution >= 0.6 is 0 Å². The highest BCUT2D eigenvalue weighted by Gasteiger charge is 2.35. The average Bonchev–Trinajstić information content (AvgIpc) is 2.66. The Bertz CT molecular complexity index is 1100. The standard InChI is InChI=1S/C22H21F3N2O2/c1-13-3-6-17(14(2)9-13)11-27-19(16-7-4-15(12-28)5-8-16)10-18(22(23,24)25)20(26)21(27)29/h3-10,28H,11-12,26H2,1-2H3. The van der Waals surface area contributed by atoms with Crippen LogP contribution in [0, 0.1) is 13.8 Å². The molecule has 0 fully saturated rings. The van der Waals surface area contributed by atoms with E-state index in [0.717, 1.165) is 22.8 Å². The zero-order valence-corrected chi connectivity index (χ0v) is 16.0. The van der Waals surface area contributed by atoms with Crippen molar-refractivity contribution < 1.29 is 18.3 Å². The number of aliphatic hydroxyl groups excluding tert-OH is 1. The third-order valence-corrected chi connectivity index (χ3v) is 4.90. The molecule has 0 radical (unpaired) electrons. The minimum Gasteiger partial charge on any atom is -0.394 e. The smallest absolute Gasteiger partial charge is 0.394 e. The largest absolute Gasteiger partial charge is 0.418 e. The lowest BCUT2D eigenvalue weighted by Crippen LogP contribution is -2.29. The molecule has 152 valence electrons. The predicted octanol–water partition coefficient (Wildman–Crippen LogP) is 4.27. The highest BCUT2D eigenvalue weighted by molar-refractivity contribution is 5.65. The van der Waals surface area contributed by atoms with Crippen molar-refractivity contribution in [2.75, 3.05) is 5.73 Å². The maximum absolute atomic E-state index is 13.4. The van der Waals surface area contributed by atoms with E-state index in [-0.39, 0.29) is 18.8 Å². The Hall–Kier alpha value is -3.06. The first-order chi connectivity index (χ1) is 13.6. The van der Waals surface area contributed by atoms with Crippen LogP contribution in [-0.2, 0) is 19.3 Å². The van der Waals surface area contributed by atoms with Gasteiger partial charge >= 0.3 is 6.18 Å². The van der Waals surface area contributed by atoms with Crippen molar-refractivity contribution in [3.8, 4) is 11.3 Å². The maximum Gasteiger partial charge on any atom is 0.418 e. The summed E-state index contributed by atoms with van der Waals surface area (Å²) in [6.07, 6.45) is -4.75. The molecule has 2 aromatic carbocycles. The predicted molar refractivity (Wildman–Crippen MR) is 106 cm³/mol. The molecule has 3 aromatic rings. The zero-order valence-electron chi connectivity index (χ0n) is 16.0. The number of hydrogen-bond donors (Lipinski definition) is 2. The molecule has 7 heteroatoms. The first-order valence-electron chi connectivity index (χ1n) is 8.98. The summed E-state index contributed by atoms with van der Waals surface area (Å²) in [7, 11) is 0. The summed E-state index contributed by atoms with van der Waals surface area (Å²) in [6, 6.07) is 13.0. The molecule has 0 amide bonds. The second-order valence-corrected chi connectivity index (χ2v) is 7.03. The van der Waals surface area contributed by atoms with Gasteiger partial charge in [-0.15, -0.1) is 0 Å². The first kappa shape index (κ1) is 20.7. The van der Waals surface area contributed by atoms with E-state index in [9.17, 15) is 23.1 Å². The van der Waals surface area contributed by atoms with Gasteiger partial charge in [0.05, 0.1) is 24.4 Å². The normalized spacial score (nSPS) is 11.7. The van der Waals surface area contributed by atoms with Crippen molar-refractivity contribution >= 4 is 5.69 Å². The summed E-state index contributed by atoms with van der Waals surface area (Å²) < 4.78 is 41.6. The van der Waals surface area contributed by atoms with Crippen molar-refractivity contribution in [2.24, 2.45) is 0 Å². The molecule has 0 saturated carbocycles. The number of aliphatic hydroxyl groups is 1. The molecule has 1 aromatic heterocycles. The van der Waals surface area contributed by atoms with Gasteiger partial charge in [0.25, 0.3) is 5.56 Å². The topological polar surface area (TPSA) is 68.2 Å². The number of pyridine rings is 1. The minimum atomic E-state index is -4.75. The van der Waals surface area contributed by atoms with E-state index in [1.165, 1.54) is 4.57 Å². The van der Waals surface area contributed by atoms with Crippen LogP contribution in [0.15, 0.2) is 53.3 Å². The molecule has 0 bridgehead atoms. The van der Waals surface area contributed by atoms with Gasteiger partial charge in [-0.3, -0.25) is 4.79 Å². The van der Waals surface area contributed by atoms with E-state index in [2.05, 4.69) is 0 Å². The lowest BCUT2D eigenvalue weighted by Gasteiger charge is -2.19. The fourth-order valence-corrected chi connectivity index (χ4v) is 3.27. The van der Waals surface area contributed by atoms with Crippen LogP contribution in [-0.4, -0.2) is 9.67 Å². The summed E-state index contributed by atoms with van der Waals surface area (Å²) in [5.41, 5.74) is 6.67. The lowest BCUT2D eigenvalue weighted by atomic mass is 10.0. The van der Waals surface area contributed by atoms with Gasteiger partial charge in [0, 0.05) is 0 Å². The molecule has 1 heterocycles. The van der Waals surface area contributed by atoms with Crippen LogP contribution in [0.5, 0.6) is 0 Å². The van der Waals surface area contributed by atoms with Gasteiger partial charge in [0.2, 0.25) is 0 Å². The number of anilines is 1. The fraction of sp³-hybridized carbons (Fsp3) is 0.227. The van der Waals surface area contributed by atoms with Gasteiger partial charge in [-0.1, -0.05) is 48.0 Å². The monoisotopic (exact) mass is 402 g/mol. The number of hydrogen-bond acceptors (Lipinski definition) is 3. The lowest BCUT2D eigenvalue weighted by molar-refractivity contribution is -0.137. The number of rotatable bonds is 4. The second-order valence-electron chi connectivity index (χ2n) is 7.03. The van der Waals surface area contributed by atoms with Crippen molar-refractivity contribution in [1.82, 2.24) is 4.57 Å². The molecular formula is C22H21F3N2O2. The highest BCUT2D eigenvalue weighted by atomic mass is 19.4. The minimum absolute atomic E-state index is 0.0877. The molecule has 0 saturated heterocycles. The maximum atomic E-state index is 13.4. The van der Waals surface area contributed by atoms with Gasteiger partial charge in [-0.25, -0.2) is 0 Å². The van der Waals surface area contributed by atoms with Crippen molar-refractivity contribution in [3.63, 3.8) is 0 Å². The molecule has 0 atom stereocenters. The molecule has 0 aliphatic carbocycles. The Morgan fingerprint density at radius 1 is 1.03 bits per heavy atom. The number of nitrogens with two attached hydrogens (primary N) is 1. The number of benzene rings is 2. The highest BCUT2D eigenvalue weighted by Crippen LogP contribution is 2.35. The summed E-state index contributed by atoms with van der Waals surface area (Å²) in [5, 5.41) is 9.21. The molecule has 0 unspecified atom stereocenters. The molecule has 3 rings (SSSR count). The number of aryl methyl sites for hydroxylation is 2. The van der Waals surface area contributed by atoms with Crippen molar-refractivity contribution in [3.05, 3.63) is 86.7 Å². The van der Waals surface area contributed by atoms with Crippen LogP contribution < -0.4 is 11.3 Å². The van der Waals surface area contributed by atoms with Gasteiger partial charge in [-0.05, 0) is 42.2 Å². The third-order valence-electron chi connectivity index (χ3n) is 4.90. The van der Waals surface area contributed by atoms with Gasteiger partial charge in [0.15, 0.2) is 0 Å². The summed E-state index contributed by atoms with van der Waals surface area (Å²) in [5.74, 6) is 0. The van der Waals surface area contributed by atoms with Crippen LogP contribution in [0.3, 0.4) is 0 Å². The van der Waals surface area contributed by atoms with Gasteiger partial charge < -0.3 is 15.4 Å². The molecule has 3 N–H and O–H groups in total. The Balaban J connectivity index is 2.24. The van der Waals surface area contributed by atoms with Gasteiger partial charge in [-0.2, -0.15) is 13.2 Å². The van der Waals surface area contributed by atoms with Crippen LogP contribution in [0.25, 0.3) is 11.3 Å². The first-order valence-corrected chi connectivity index (χ1v) is 8.98. The van der Waals surface area contributed by atoms with E-state index >= 15 is 0 Å². The quantitative estimate of drug-likeness (QED) is 0.685. The Morgan fingerprint density at radius 3 is 2.24 bits per heavy atom. The van der Waals surface area contributed by atoms with E-state index in [1.54, 1.807) is 24.3 Å². The summed E-state index contributed by atoms with van der Waals surface area (Å²) >= 11 is 0. The summed E-state index contributed by atoms with van der Waals surface area (Å²) in [4.78, 5) is 12.8. The van der Waals surface area contributed by atoms with Gasteiger partial charge in [0.1, 0.15) is 5.69 Å². The second kappa shape index (κ2) is 7.75. The molecular weight excluding hydrogens is 381 g/mol. The van der Waals surface area contributed by atoms with Crippen molar-refractivity contribution in [1.29, 1.82) is 0 Å². The molecule has 29 heavy (non-hydrogen) atoms. The van der Waals surface area contributed by atoms with Crippen LogP contribution in [0.4, 0.5) is 18.9 Å². The van der Waals surface area contributed by atoms with Crippen LogP contribution in [0.1, 0.15) is 27.8 Å². The Labute approximate surface area is 166 Å². The van der Waals surface area contributed by atoms with E-state index < -0.39 is 23.0 Å². The number of halogens is 3. The Morgan fingerprint density at radius 2 is 1.69 bits per heavy atom. The van der Waals surface area contributed by atoms with E-state index in [1.807, 2.05) is 32.0 Å². The SMILES string of the molecule is Cc1ccc(Cn2c(-c3ccc(CO)cc3)cc(C(F)(F)F)c(N)c2=O)c(C)c1. The molecule has 0 aliphatic rings. The number of nitrogens with zero attached hydrogens (tertiary/aromatic N) is 1. The third kappa shape index (κ3) is 4.19. The Kier molecular flexibility index (Phi) is 5.53. The van der Waals surface area contributed by atoms with Crippen LogP contribution in [0.2, 0.25) is 0 Å². The number of aromatic nitrogens is 1. The molecule has 0 aliphatic heterocycles. The molecule has 0 spiro atoms. The zero-order chi connectivity index (χ0) is 21.3. The average molecular weight is 402 g/mol. The van der Waals surface area contributed by atoms with E-state index in [4.69, 9.17) is 5.73 Å². The number of alkyl halides is 3. The fourth-order valence-electron chi connectivity index (χ4n) is 3.27. The number of nitrogen functional groups attached to an aromatic ring is 1. The van der Waals surface area contributed by atoms with Crippen molar-refractivity contribution in [2.45, 2.75) is 33.2 Å².